The average Bonchev–Trinajstić information content (AvgIpc) is 2.83. The molecule has 0 spiro atoms. The largest absolute Gasteiger partial charge is 0.462 e. The number of hydrogen-bond acceptors (Lipinski definition) is 8. The number of carbonyl (C=O) groups excluding carboxylic acids is 2. The molecule has 1 N–H and O–H groups in total. The molecule has 0 unspecified atom stereocenters. The van der Waals surface area contributed by atoms with Gasteiger partial charge < -0.3 is 14.5 Å². The van der Waals surface area contributed by atoms with Crippen molar-refractivity contribution in [3.05, 3.63) is 35.0 Å². The highest BCUT2D eigenvalue weighted by Crippen LogP contribution is 2.29. The third-order valence-corrected chi connectivity index (χ3v) is 2.99. The molecule has 23 heavy (non-hydrogen) atoms. The van der Waals surface area contributed by atoms with Crippen LogP contribution in [0.3, 0.4) is 0 Å². The standard InChI is InChI=1S/C15H14N4O4/c1-4-22-15(21)11-6-17-7-18-13(11)19-14-10(5-16)12(8(2)20)9(3)23-14/h6-7H,4H2,1-3H3,(H,17,18,19). The van der Waals surface area contributed by atoms with Crippen LogP contribution in [0.15, 0.2) is 16.9 Å². The Morgan fingerprint density at radius 3 is 2.83 bits per heavy atom. The van der Waals surface area contributed by atoms with Crippen molar-refractivity contribution in [3.8, 4) is 6.07 Å². The molecule has 0 aliphatic rings. The van der Waals surface area contributed by atoms with E-state index < -0.39 is 5.97 Å². The highest BCUT2D eigenvalue weighted by atomic mass is 16.5. The lowest BCUT2D eigenvalue weighted by molar-refractivity contribution is 0.0526. The van der Waals surface area contributed by atoms with Gasteiger partial charge in [0, 0.05) is 6.20 Å². The smallest absolute Gasteiger partial charge is 0.343 e. The Morgan fingerprint density at radius 2 is 2.22 bits per heavy atom. The zero-order chi connectivity index (χ0) is 17.0. The number of aromatic nitrogens is 2. The Bertz CT molecular complexity index is 804. The van der Waals surface area contributed by atoms with Crippen molar-refractivity contribution in [2.45, 2.75) is 20.8 Å². The minimum atomic E-state index is -0.607. The van der Waals surface area contributed by atoms with Gasteiger partial charge in [0.1, 0.15) is 29.3 Å². The van der Waals surface area contributed by atoms with Crippen molar-refractivity contribution in [2.24, 2.45) is 0 Å². The van der Waals surface area contributed by atoms with Gasteiger partial charge in [0.25, 0.3) is 0 Å². The van der Waals surface area contributed by atoms with E-state index >= 15 is 0 Å². The van der Waals surface area contributed by atoms with Gasteiger partial charge in [-0.15, -0.1) is 0 Å². The normalized spacial score (nSPS) is 10.0. The molecular formula is C15H14N4O4. The van der Waals surface area contributed by atoms with Crippen molar-refractivity contribution in [3.63, 3.8) is 0 Å². The van der Waals surface area contributed by atoms with Gasteiger partial charge in [-0.3, -0.25) is 4.79 Å². The Labute approximate surface area is 132 Å². The number of furan rings is 1. The van der Waals surface area contributed by atoms with E-state index in [1.165, 1.54) is 19.4 Å². The zero-order valence-electron chi connectivity index (χ0n) is 12.8. The van der Waals surface area contributed by atoms with Crippen molar-refractivity contribution in [1.82, 2.24) is 9.97 Å². The van der Waals surface area contributed by atoms with Crippen LogP contribution < -0.4 is 5.32 Å². The number of nitrogens with zero attached hydrogens (tertiary/aromatic N) is 3. The molecule has 0 saturated heterocycles. The van der Waals surface area contributed by atoms with Crippen LogP contribution in [0.1, 0.15) is 45.9 Å². The monoisotopic (exact) mass is 314 g/mol. The summed E-state index contributed by atoms with van der Waals surface area (Å²) >= 11 is 0. The molecule has 0 aromatic carbocycles. The number of esters is 1. The van der Waals surface area contributed by atoms with E-state index in [4.69, 9.17) is 9.15 Å². The van der Waals surface area contributed by atoms with E-state index in [1.54, 1.807) is 13.8 Å². The highest BCUT2D eigenvalue weighted by Gasteiger charge is 2.23. The first-order valence-corrected chi connectivity index (χ1v) is 6.78. The van der Waals surface area contributed by atoms with Crippen LogP contribution in [0.4, 0.5) is 11.7 Å². The highest BCUT2D eigenvalue weighted by molar-refractivity contribution is 6.00. The molecule has 8 nitrogen and oxygen atoms in total. The molecule has 0 bridgehead atoms. The molecule has 2 aromatic heterocycles. The number of nitriles is 1. The fourth-order valence-corrected chi connectivity index (χ4v) is 2.06. The van der Waals surface area contributed by atoms with Crippen molar-refractivity contribution < 1.29 is 18.7 Å². The number of rotatable bonds is 5. The van der Waals surface area contributed by atoms with Gasteiger partial charge in [-0.25, -0.2) is 14.8 Å². The van der Waals surface area contributed by atoms with E-state index in [0.29, 0.717) is 5.76 Å². The summed E-state index contributed by atoms with van der Waals surface area (Å²) in [6.45, 7) is 4.80. The second-order valence-electron chi connectivity index (χ2n) is 4.54. The summed E-state index contributed by atoms with van der Waals surface area (Å²) in [6, 6.07) is 1.92. The molecule has 2 rings (SSSR count). The quantitative estimate of drug-likeness (QED) is 0.660. The van der Waals surface area contributed by atoms with Gasteiger partial charge in [-0.2, -0.15) is 5.26 Å². The lowest BCUT2D eigenvalue weighted by Gasteiger charge is -2.07. The summed E-state index contributed by atoms with van der Waals surface area (Å²) in [5.41, 5.74) is 0.349. The maximum atomic E-state index is 11.9. The minimum absolute atomic E-state index is 0.0412. The fraction of sp³-hybridized carbons (Fsp3) is 0.267. The maximum Gasteiger partial charge on any atom is 0.343 e. The van der Waals surface area contributed by atoms with Gasteiger partial charge in [-0.05, 0) is 20.8 Å². The van der Waals surface area contributed by atoms with Gasteiger partial charge >= 0.3 is 5.97 Å². The fourth-order valence-electron chi connectivity index (χ4n) is 2.06. The molecule has 118 valence electrons. The molecule has 0 aliphatic heterocycles. The third kappa shape index (κ3) is 3.18. The number of aryl methyl sites for hydroxylation is 1. The summed E-state index contributed by atoms with van der Waals surface area (Å²) in [7, 11) is 0. The second kappa shape index (κ2) is 6.70. The first kappa shape index (κ1) is 16.2. The van der Waals surface area contributed by atoms with Gasteiger partial charge in [-0.1, -0.05) is 0 Å². The predicted molar refractivity (Wildman–Crippen MR) is 79.4 cm³/mol. The van der Waals surface area contributed by atoms with Gasteiger partial charge in [0.15, 0.2) is 11.6 Å². The lowest BCUT2D eigenvalue weighted by atomic mass is 10.1. The Hall–Kier alpha value is -3.21. The predicted octanol–water partition coefficient (Wildman–Crippen LogP) is 2.37. The molecule has 0 fully saturated rings. The maximum absolute atomic E-state index is 11.9. The van der Waals surface area contributed by atoms with Gasteiger partial charge in [0.2, 0.25) is 5.88 Å². The van der Waals surface area contributed by atoms with Crippen LogP contribution in [0.25, 0.3) is 0 Å². The van der Waals surface area contributed by atoms with Crippen molar-refractivity contribution in [2.75, 3.05) is 11.9 Å². The Balaban J connectivity index is 2.45. The van der Waals surface area contributed by atoms with Crippen molar-refractivity contribution in [1.29, 1.82) is 5.26 Å². The van der Waals surface area contributed by atoms with E-state index in [1.807, 2.05) is 6.07 Å². The molecule has 0 amide bonds. The number of Topliss-reactive ketones (excluding diaryl/α,β-unsaturated/α-hetero) is 1. The summed E-state index contributed by atoms with van der Waals surface area (Å²) < 4.78 is 10.4. The molecule has 0 radical (unpaired) electrons. The number of hydrogen-bond donors (Lipinski definition) is 1. The van der Waals surface area contributed by atoms with Crippen LogP contribution in [-0.2, 0) is 4.74 Å². The third-order valence-electron chi connectivity index (χ3n) is 2.99. The van der Waals surface area contributed by atoms with E-state index in [9.17, 15) is 14.9 Å². The summed E-state index contributed by atoms with van der Waals surface area (Å²) in [5, 5.41) is 12.0. The molecule has 0 atom stereocenters. The van der Waals surface area contributed by atoms with E-state index in [2.05, 4.69) is 15.3 Å². The lowest BCUT2D eigenvalue weighted by Crippen LogP contribution is -2.10. The first-order valence-electron chi connectivity index (χ1n) is 6.78. The number of ether oxygens (including phenoxy) is 1. The molecule has 2 aromatic rings. The van der Waals surface area contributed by atoms with Crippen LogP contribution in [0.2, 0.25) is 0 Å². The number of nitrogens with one attached hydrogen (secondary N) is 1. The van der Waals surface area contributed by atoms with Crippen molar-refractivity contribution >= 4 is 23.5 Å². The average molecular weight is 314 g/mol. The zero-order valence-corrected chi connectivity index (χ0v) is 12.8. The van der Waals surface area contributed by atoms with Crippen LogP contribution in [0.5, 0.6) is 0 Å². The summed E-state index contributed by atoms with van der Waals surface area (Å²) in [6.07, 6.45) is 2.53. The van der Waals surface area contributed by atoms with E-state index in [0.717, 1.165) is 0 Å². The number of ketones is 1. The van der Waals surface area contributed by atoms with Crippen LogP contribution in [0, 0.1) is 18.3 Å². The summed E-state index contributed by atoms with van der Waals surface area (Å²) in [4.78, 5) is 31.3. The van der Waals surface area contributed by atoms with E-state index in [-0.39, 0.29) is 40.8 Å². The Kier molecular flexibility index (Phi) is 4.71. The van der Waals surface area contributed by atoms with Gasteiger partial charge in [0.05, 0.1) is 12.2 Å². The molecular weight excluding hydrogens is 300 g/mol. The topological polar surface area (TPSA) is 118 Å². The number of anilines is 2. The SMILES string of the molecule is CCOC(=O)c1cncnc1Nc1oc(C)c(C(C)=O)c1C#N. The first-order chi connectivity index (χ1) is 11.0. The molecule has 2 heterocycles. The molecule has 0 saturated carbocycles. The Morgan fingerprint density at radius 1 is 1.48 bits per heavy atom. The second-order valence-corrected chi connectivity index (χ2v) is 4.54. The summed E-state index contributed by atoms with van der Waals surface area (Å²) in [5.74, 6) is -0.421. The number of carbonyl (C=O) groups is 2. The molecule has 0 aliphatic carbocycles. The molecule has 8 heteroatoms. The van der Waals surface area contributed by atoms with Crippen LogP contribution in [-0.4, -0.2) is 28.3 Å². The minimum Gasteiger partial charge on any atom is -0.462 e. The van der Waals surface area contributed by atoms with Crippen LogP contribution >= 0.6 is 0 Å².